The zero-order valence-corrected chi connectivity index (χ0v) is 15.6. The molecule has 0 bridgehead atoms. The third-order valence-corrected chi connectivity index (χ3v) is 7.79. The Hall–Kier alpha value is -1.00. The van der Waals surface area contributed by atoms with Gasteiger partial charge in [0.2, 0.25) is 0 Å². The van der Waals surface area contributed by atoms with E-state index in [-0.39, 0.29) is 10.8 Å². The van der Waals surface area contributed by atoms with E-state index in [0.717, 1.165) is 31.7 Å². The van der Waals surface area contributed by atoms with Crippen LogP contribution < -0.4 is 0 Å². The van der Waals surface area contributed by atoms with Crippen molar-refractivity contribution in [2.24, 2.45) is 0 Å². The van der Waals surface area contributed by atoms with E-state index < -0.39 is 19.7 Å². The van der Waals surface area contributed by atoms with E-state index in [1.54, 1.807) is 0 Å². The summed E-state index contributed by atoms with van der Waals surface area (Å²) in [5.74, 6) is 0. The Balaban J connectivity index is 2.52. The Bertz CT molecular complexity index is 770. The van der Waals surface area contributed by atoms with Crippen molar-refractivity contribution in [2.75, 3.05) is 0 Å². The van der Waals surface area contributed by atoms with Crippen LogP contribution in [0.3, 0.4) is 0 Å². The van der Waals surface area contributed by atoms with Crippen molar-refractivity contribution in [1.29, 1.82) is 0 Å². The zero-order valence-electron chi connectivity index (χ0n) is 13.9. The van der Waals surface area contributed by atoms with Crippen LogP contribution in [0.5, 0.6) is 0 Å². The van der Waals surface area contributed by atoms with Crippen LogP contribution in [0.25, 0.3) is 10.8 Å². The molecule has 1 aliphatic heterocycles. The average Bonchev–Trinajstić information content (AvgIpc) is 2.64. The number of hydrogen-bond donors (Lipinski definition) is 0. The molecule has 1 aliphatic rings. The molecule has 0 spiro atoms. The quantitative estimate of drug-likeness (QED) is 0.661. The molecule has 0 saturated heterocycles. The lowest BCUT2D eigenvalue weighted by Gasteiger charge is -2.23. The van der Waals surface area contributed by atoms with Gasteiger partial charge < -0.3 is 0 Å². The molecule has 2 nitrogen and oxygen atoms in total. The van der Waals surface area contributed by atoms with Crippen LogP contribution in [0.2, 0.25) is 0 Å². The van der Waals surface area contributed by atoms with Gasteiger partial charge in [-0.05, 0) is 27.3 Å². The highest BCUT2D eigenvalue weighted by Gasteiger charge is 2.37. The van der Waals surface area contributed by atoms with Crippen LogP contribution in [-0.4, -0.2) is 8.42 Å². The molecule has 0 aliphatic carbocycles. The van der Waals surface area contributed by atoms with E-state index in [1.165, 1.54) is 0 Å². The molecule has 2 aromatic rings. The lowest BCUT2D eigenvalue weighted by atomic mass is 9.83. The van der Waals surface area contributed by atoms with Crippen molar-refractivity contribution in [3.8, 4) is 0 Å². The Labute approximate surface area is 136 Å². The van der Waals surface area contributed by atoms with Gasteiger partial charge in [0.25, 0.3) is 0 Å². The minimum atomic E-state index is -1.48. The first kappa shape index (κ1) is 15.9. The first-order valence-corrected chi connectivity index (χ1v) is 10.3. The van der Waals surface area contributed by atoms with Crippen LogP contribution in [0, 0.1) is 0 Å². The summed E-state index contributed by atoms with van der Waals surface area (Å²) in [5.41, 5.74) is 1.83. The molecule has 0 aromatic heterocycles. The summed E-state index contributed by atoms with van der Waals surface area (Å²) in [7, 11) is -2.96. The molecule has 2 atom stereocenters. The normalized spacial score (nSPS) is 21.5. The van der Waals surface area contributed by atoms with E-state index in [1.807, 2.05) is 12.1 Å². The molecule has 0 amide bonds. The third-order valence-electron chi connectivity index (χ3n) is 4.18. The molecular weight excluding hydrogens is 312 g/mol. The van der Waals surface area contributed by atoms with Crippen molar-refractivity contribution < 1.29 is 8.42 Å². The molecule has 4 heteroatoms. The van der Waals surface area contributed by atoms with Gasteiger partial charge in [0, 0.05) is 5.39 Å². The molecule has 0 radical (unpaired) electrons. The predicted molar refractivity (Wildman–Crippen MR) is 94.2 cm³/mol. The lowest BCUT2D eigenvalue weighted by molar-refractivity contribution is 0.574. The highest BCUT2D eigenvalue weighted by molar-refractivity contribution is 8.61. The largest absolute Gasteiger partial charge is 0.240 e. The fraction of sp³-hybridized carbons (Fsp3) is 0.444. The van der Waals surface area contributed by atoms with Gasteiger partial charge in [0.05, 0.1) is 9.79 Å². The maximum absolute atomic E-state index is 12.8. The Kier molecular flexibility index (Phi) is 3.43. The van der Waals surface area contributed by atoms with Crippen molar-refractivity contribution in [1.82, 2.24) is 0 Å². The van der Waals surface area contributed by atoms with Crippen LogP contribution in [0.4, 0.5) is 0 Å². The van der Waals surface area contributed by atoms with E-state index >= 15 is 0 Å². The number of benzene rings is 2. The van der Waals surface area contributed by atoms with Gasteiger partial charge in [-0.3, -0.25) is 0 Å². The van der Waals surface area contributed by atoms with Gasteiger partial charge in [-0.15, -0.1) is 0 Å². The van der Waals surface area contributed by atoms with Crippen molar-refractivity contribution in [2.45, 2.75) is 62.2 Å². The van der Waals surface area contributed by atoms with Crippen LogP contribution in [-0.2, 0) is 30.5 Å². The van der Waals surface area contributed by atoms with Crippen LogP contribution >= 0.6 is 0 Å². The summed E-state index contributed by atoms with van der Waals surface area (Å²) in [6.07, 6.45) is 0. The Morgan fingerprint density at radius 3 is 1.36 bits per heavy atom. The van der Waals surface area contributed by atoms with E-state index in [2.05, 4.69) is 53.7 Å². The van der Waals surface area contributed by atoms with Gasteiger partial charge in [0.15, 0.2) is 0 Å². The summed E-state index contributed by atoms with van der Waals surface area (Å²) < 4.78 is 25.7. The molecule has 0 saturated carbocycles. The van der Waals surface area contributed by atoms with E-state index in [4.69, 9.17) is 0 Å². The van der Waals surface area contributed by atoms with Crippen LogP contribution in [0.15, 0.2) is 34.1 Å². The molecule has 0 N–H and O–H groups in total. The third kappa shape index (κ3) is 2.19. The van der Waals surface area contributed by atoms with E-state index in [0.29, 0.717) is 0 Å². The van der Waals surface area contributed by atoms with Crippen molar-refractivity contribution in [3.05, 3.63) is 35.4 Å². The van der Waals surface area contributed by atoms with E-state index in [9.17, 15) is 8.42 Å². The summed E-state index contributed by atoms with van der Waals surface area (Å²) in [4.78, 5) is 1.56. The van der Waals surface area contributed by atoms with Gasteiger partial charge in [0.1, 0.15) is 19.7 Å². The summed E-state index contributed by atoms with van der Waals surface area (Å²) in [5, 5.41) is 1.99. The standard InChI is InChI=1S/C18H22O2S2/c1-17(2,3)12-9-7-11-8-10-13(18(4,5)6)16-14(11)15(12)21(19)22(16)20/h7-10H,1-6H3. The highest BCUT2D eigenvalue weighted by atomic mass is 33.1. The van der Waals surface area contributed by atoms with Gasteiger partial charge in [-0.1, -0.05) is 65.8 Å². The van der Waals surface area contributed by atoms with Gasteiger partial charge >= 0.3 is 0 Å². The molecular formula is C18H22O2S2. The molecule has 2 unspecified atom stereocenters. The minimum absolute atomic E-state index is 0.122. The fourth-order valence-electron chi connectivity index (χ4n) is 3.03. The van der Waals surface area contributed by atoms with Crippen molar-refractivity contribution in [3.63, 3.8) is 0 Å². The highest BCUT2D eigenvalue weighted by Crippen LogP contribution is 2.46. The summed E-state index contributed by atoms with van der Waals surface area (Å²) in [6.45, 7) is 12.6. The first-order valence-electron chi connectivity index (χ1n) is 7.48. The smallest absolute Gasteiger partial charge is 0.149 e. The summed E-state index contributed by atoms with van der Waals surface area (Å²) >= 11 is 0. The van der Waals surface area contributed by atoms with Crippen molar-refractivity contribution >= 4 is 30.4 Å². The predicted octanol–water partition coefficient (Wildman–Crippen LogP) is 4.58. The maximum atomic E-state index is 12.8. The zero-order chi connectivity index (χ0) is 16.4. The van der Waals surface area contributed by atoms with Crippen LogP contribution in [0.1, 0.15) is 52.7 Å². The SMILES string of the molecule is CC(C)(C)c1ccc2ccc(C(C)(C)C)c3c2c1S(=O)S3=O. The molecule has 22 heavy (non-hydrogen) atoms. The molecule has 3 rings (SSSR count). The van der Waals surface area contributed by atoms with Gasteiger partial charge in [-0.2, -0.15) is 0 Å². The topological polar surface area (TPSA) is 34.1 Å². The maximum Gasteiger partial charge on any atom is 0.149 e. The fourth-order valence-corrected chi connectivity index (χ4v) is 7.23. The monoisotopic (exact) mass is 334 g/mol. The Morgan fingerprint density at radius 2 is 1.05 bits per heavy atom. The van der Waals surface area contributed by atoms with Gasteiger partial charge in [-0.25, -0.2) is 8.42 Å². The minimum Gasteiger partial charge on any atom is -0.240 e. The number of hydrogen-bond acceptors (Lipinski definition) is 2. The molecule has 0 fully saturated rings. The average molecular weight is 335 g/mol. The molecule has 118 valence electrons. The lowest BCUT2D eigenvalue weighted by Crippen LogP contribution is -2.14. The summed E-state index contributed by atoms with van der Waals surface area (Å²) in [6, 6.07) is 8.21. The molecule has 1 heterocycles. The Morgan fingerprint density at radius 1 is 0.682 bits per heavy atom. The first-order chi connectivity index (χ1) is 10.0. The second kappa shape index (κ2) is 4.75. The molecule has 2 aromatic carbocycles. The second-order valence-corrected chi connectivity index (χ2v) is 11.5. The second-order valence-electron chi connectivity index (χ2n) is 7.95. The number of rotatable bonds is 0.